The second kappa shape index (κ2) is 4.59. The van der Waals surface area contributed by atoms with E-state index in [1.54, 1.807) is 19.1 Å². The number of aliphatic hydroxyl groups is 2. The number of anilines is 1. The normalized spacial score (nSPS) is 15.1. The lowest BCUT2D eigenvalue weighted by atomic mass is 10.1. The summed E-state index contributed by atoms with van der Waals surface area (Å²) in [7, 11) is 0. The molecule has 1 rings (SSSR count). The van der Waals surface area contributed by atoms with E-state index in [-0.39, 0.29) is 5.88 Å². The molecule has 0 amide bonds. The third-order valence-corrected chi connectivity index (χ3v) is 2.29. The fraction of sp³-hybridized carbons (Fsp3) is 0.444. The van der Waals surface area contributed by atoms with E-state index in [2.05, 4.69) is 4.98 Å². The molecule has 0 aromatic carbocycles. The Bertz CT molecular complexity index is 320. The van der Waals surface area contributed by atoms with Crippen LogP contribution in [0.4, 0.5) is 5.69 Å². The Kier molecular flexibility index (Phi) is 3.69. The van der Waals surface area contributed by atoms with Crippen LogP contribution in [0, 0.1) is 6.92 Å². The zero-order chi connectivity index (χ0) is 10.7. The van der Waals surface area contributed by atoms with Crippen molar-refractivity contribution in [2.24, 2.45) is 0 Å². The van der Waals surface area contributed by atoms with Gasteiger partial charge in [-0.2, -0.15) is 0 Å². The first-order valence-corrected chi connectivity index (χ1v) is 4.75. The molecule has 5 heteroatoms. The highest BCUT2D eigenvalue weighted by Crippen LogP contribution is 2.18. The SMILES string of the molecule is Cc1nc(C(O)C(O)CCl)ccc1N. The van der Waals surface area contributed by atoms with E-state index >= 15 is 0 Å². The first-order valence-electron chi connectivity index (χ1n) is 4.21. The van der Waals surface area contributed by atoms with E-state index in [1.165, 1.54) is 0 Å². The highest BCUT2D eigenvalue weighted by molar-refractivity contribution is 6.18. The zero-order valence-corrected chi connectivity index (χ0v) is 8.57. The van der Waals surface area contributed by atoms with Gasteiger partial charge >= 0.3 is 0 Å². The number of alkyl halides is 1. The number of pyridine rings is 1. The molecule has 1 heterocycles. The molecular formula is C9H13ClN2O2. The fourth-order valence-electron chi connectivity index (χ4n) is 1.04. The summed E-state index contributed by atoms with van der Waals surface area (Å²) in [4.78, 5) is 4.05. The van der Waals surface area contributed by atoms with Crippen molar-refractivity contribution in [3.8, 4) is 0 Å². The number of rotatable bonds is 3. The Labute approximate surface area is 87.3 Å². The van der Waals surface area contributed by atoms with Gasteiger partial charge in [0.1, 0.15) is 6.10 Å². The summed E-state index contributed by atoms with van der Waals surface area (Å²) in [6.45, 7) is 1.73. The van der Waals surface area contributed by atoms with E-state index in [9.17, 15) is 10.2 Å². The second-order valence-electron chi connectivity index (χ2n) is 3.08. The predicted octanol–water partition coefficient (Wildman–Crippen LogP) is 0.605. The summed E-state index contributed by atoms with van der Waals surface area (Å²) in [6, 6.07) is 3.21. The Morgan fingerprint density at radius 1 is 1.50 bits per heavy atom. The van der Waals surface area contributed by atoms with Gasteiger partial charge in [-0.3, -0.25) is 4.98 Å². The maximum Gasteiger partial charge on any atom is 0.123 e. The van der Waals surface area contributed by atoms with Gasteiger partial charge in [0.2, 0.25) is 0 Å². The summed E-state index contributed by atoms with van der Waals surface area (Å²) in [6.07, 6.45) is -2.07. The van der Waals surface area contributed by atoms with Crippen LogP contribution in [-0.2, 0) is 0 Å². The van der Waals surface area contributed by atoms with Gasteiger partial charge in [0, 0.05) is 0 Å². The number of aliphatic hydroxyl groups excluding tert-OH is 2. The smallest absolute Gasteiger partial charge is 0.123 e. The van der Waals surface area contributed by atoms with Gasteiger partial charge in [0.05, 0.1) is 29.1 Å². The second-order valence-corrected chi connectivity index (χ2v) is 3.39. The van der Waals surface area contributed by atoms with Crippen LogP contribution in [0.15, 0.2) is 12.1 Å². The molecule has 1 aromatic heterocycles. The van der Waals surface area contributed by atoms with Crippen molar-refractivity contribution in [1.82, 2.24) is 4.98 Å². The van der Waals surface area contributed by atoms with Gasteiger partial charge in [-0.1, -0.05) is 0 Å². The lowest BCUT2D eigenvalue weighted by Gasteiger charge is -2.15. The molecule has 4 N–H and O–H groups in total. The third-order valence-electron chi connectivity index (χ3n) is 1.97. The number of halogens is 1. The molecule has 0 saturated heterocycles. The van der Waals surface area contributed by atoms with E-state index in [0.29, 0.717) is 17.1 Å². The maximum absolute atomic E-state index is 9.57. The van der Waals surface area contributed by atoms with Gasteiger partial charge < -0.3 is 15.9 Å². The fourth-order valence-corrected chi connectivity index (χ4v) is 1.21. The summed E-state index contributed by atoms with van der Waals surface area (Å²) < 4.78 is 0. The maximum atomic E-state index is 9.57. The van der Waals surface area contributed by atoms with Crippen molar-refractivity contribution >= 4 is 17.3 Å². The van der Waals surface area contributed by atoms with Gasteiger partial charge in [0.15, 0.2) is 0 Å². The molecule has 1 aromatic rings. The summed E-state index contributed by atoms with van der Waals surface area (Å²) >= 11 is 5.41. The molecule has 0 aliphatic carbocycles. The average molecular weight is 217 g/mol. The summed E-state index contributed by atoms with van der Waals surface area (Å²) in [5, 5.41) is 18.9. The molecule has 0 radical (unpaired) electrons. The molecular weight excluding hydrogens is 204 g/mol. The van der Waals surface area contributed by atoms with Crippen molar-refractivity contribution in [3.05, 3.63) is 23.5 Å². The van der Waals surface area contributed by atoms with Crippen molar-refractivity contribution in [2.45, 2.75) is 19.1 Å². The van der Waals surface area contributed by atoms with Crippen LogP contribution in [0.5, 0.6) is 0 Å². The zero-order valence-electron chi connectivity index (χ0n) is 7.81. The predicted molar refractivity (Wildman–Crippen MR) is 55.1 cm³/mol. The van der Waals surface area contributed by atoms with Gasteiger partial charge in [-0.05, 0) is 19.1 Å². The largest absolute Gasteiger partial charge is 0.397 e. The molecule has 2 atom stereocenters. The molecule has 2 unspecified atom stereocenters. The first-order chi connectivity index (χ1) is 6.56. The Hall–Kier alpha value is -0.840. The van der Waals surface area contributed by atoms with Crippen molar-refractivity contribution in [1.29, 1.82) is 0 Å². The lowest BCUT2D eigenvalue weighted by Crippen LogP contribution is -2.21. The monoisotopic (exact) mass is 216 g/mol. The third kappa shape index (κ3) is 2.35. The minimum atomic E-state index is -1.06. The highest BCUT2D eigenvalue weighted by Gasteiger charge is 2.18. The van der Waals surface area contributed by atoms with Crippen LogP contribution in [0.25, 0.3) is 0 Å². The van der Waals surface area contributed by atoms with Crippen LogP contribution < -0.4 is 5.73 Å². The number of nitrogens with zero attached hydrogens (tertiary/aromatic N) is 1. The molecule has 4 nitrogen and oxygen atoms in total. The molecule has 0 fully saturated rings. The van der Waals surface area contributed by atoms with Gasteiger partial charge in [-0.15, -0.1) is 11.6 Å². The Balaban J connectivity index is 2.91. The van der Waals surface area contributed by atoms with E-state index in [1.807, 2.05) is 0 Å². The molecule has 0 aliphatic heterocycles. The van der Waals surface area contributed by atoms with Crippen LogP contribution in [-0.4, -0.2) is 27.2 Å². The van der Waals surface area contributed by atoms with Crippen molar-refractivity contribution in [2.75, 3.05) is 11.6 Å². The molecule has 0 bridgehead atoms. The van der Waals surface area contributed by atoms with E-state index in [0.717, 1.165) is 0 Å². The molecule has 0 saturated carbocycles. The molecule has 0 aliphatic rings. The number of hydrogen-bond acceptors (Lipinski definition) is 4. The molecule has 78 valence electrons. The van der Waals surface area contributed by atoms with Crippen molar-refractivity contribution in [3.63, 3.8) is 0 Å². The van der Waals surface area contributed by atoms with Crippen LogP contribution in [0.2, 0.25) is 0 Å². The standard InChI is InChI=1S/C9H13ClN2O2/c1-5-6(11)2-3-7(12-5)9(14)8(13)4-10/h2-3,8-9,13-14H,4,11H2,1H3. The van der Waals surface area contributed by atoms with E-state index < -0.39 is 12.2 Å². The van der Waals surface area contributed by atoms with Crippen LogP contribution in [0.1, 0.15) is 17.5 Å². The number of nitrogen functional groups attached to an aromatic ring is 1. The summed E-state index contributed by atoms with van der Waals surface area (Å²) in [5.74, 6) is -0.0354. The molecule has 0 spiro atoms. The topological polar surface area (TPSA) is 79.4 Å². The number of aryl methyl sites for hydroxylation is 1. The first kappa shape index (κ1) is 11.2. The lowest BCUT2D eigenvalue weighted by molar-refractivity contribution is 0.0299. The minimum Gasteiger partial charge on any atom is -0.397 e. The Morgan fingerprint density at radius 2 is 2.14 bits per heavy atom. The van der Waals surface area contributed by atoms with Gasteiger partial charge in [0.25, 0.3) is 0 Å². The quantitative estimate of drug-likeness (QED) is 0.647. The van der Waals surface area contributed by atoms with Crippen LogP contribution >= 0.6 is 11.6 Å². The van der Waals surface area contributed by atoms with Crippen LogP contribution in [0.3, 0.4) is 0 Å². The van der Waals surface area contributed by atoms with Gasteiger partial charge in [-0.25, -0.2) is 0 Å². The number of nitrogens with two attached hydrogens (primary N) is 1. The number of hydrogen-bond donors (Lipinski definition) is 3. The average Bonchev–Trinajstić information content (AvgIpc) is 2.20. The Morgan fingerprint density at radius 3 is 2.64 bits per heavy atom. The summed E-state index contributed by atoms with van der Waals surface area (Å²) in [5.41, 5.74) is 7.13. The highest BCUT2D eigenvalue weighted by atomic mass is 35.5. The van der Waals surface area contributed by atoms with E-state index in [4.69, 9.17) is 17.3 Å². The molecule has 14 heavy (non-hydrogen) atoms. The van der Waals surface area contributed by atoms with Crippen molar-refractivity contribution < 1.29 is 10.2 Å². The number of aromatic nitrogens is 1. The minimum absolute atomic E-state index is 0.0354.